The molecule has 25 heavy (non-hydrogen) atoms. The minimum atomic E-state index is -0.168. The van der Waals surface area contributed by atoms with Crippen molar-refractivity contribution in [3.63, 3.8) is 0 Å². The van der Waals surface area contributed by atoms with Gasteiger partial charge in [-0.3, -0.25) is 4.79 Å². The molecule has 0 saturated heterocycles. The van der Waals surface area contributed by atoms with Gasteiger partial charge in [0.2, 0.25) is 0 Å². The molecule has 2 aromatic carbocycles. The molecule has 1 unspecified atom stereocenters. The van der Waals surface area contributed by atoms with Crippen LogP contribution >= 0.6 is 0 Å². The largest absolute Gasteiger partial charge is 0.342 e. The van der Waals surface area contributed by atoms with Crippen LogP contribution in [0.25, 0.3) is 11.0 Å². The van der Waals surface area contributed by atoms with Gasteiger partial charge in [0.25, 0.3) is 5.91 Å². The summed E-state index contributed by atoms with van der Waals surface area (Å²) in [5.74, 6) is 1.33. The predicted octanol–water partition coefficient (Wildman–Crippen LogP) is 4.49. The van der Waals surface area contributed by atoms with E-state index in [0.29, 0.717) is 11.5 Å². The average Bonchev–Trinajstić information content (AvgIpc) is 2.93. The van der Waals surface area contributed by atoms with Gasteiger partial charge in [0.05, 0.1) is 17.1 Å². The van der Waals surface area contributed by atoms with Crippen LogP contribution in [0, 0.1) is 12.8 Å². The van der Waals surface area contributed by atoms with Crippen molar-refractivity contribution in [2.24, 2.45) is 5.92 Å². The zero-order chi connectivity index (χ0) is 18.0. The second-order valence-electron chi connectivity index (χ2n) is 6.97. The fourth-order valence-electron chi connectivity index (χ4n) is 3.15. The molecule has 1 heterocycles. The smallest absolute Gasteiger partial charge is 0.252 e. The van der Waals surface area contributed by atoms with Crippen molar-refractivity contribution >= 4 is 16.9 Å². The summed E-state index contributed by atoms with van der Waals surface area (Å²) in [6.45, 7) is 9.20. The van der Waals surface area contributed by atoms with Gasteiger partial charge < -0.3 is 9.88 Å². The topological polar surface area (TPSA) is 46.9 Å². The lowest BCUT2D eigenvalue weighted by molar-refractivity contribution is 0.0937. The first-order chi connectivity index (χ1) is 12.0. The van der Waals surface area contributed by atoms with E-state index in [0.717, 1.165) is 29.0 Å². The van der Waals surface area contributed by atoms with Crippen molar-refractivity contribution in [1.82, 2.24) is 14.9 Å². The molecule has 1 aromatic heterocycles. The molecule has 4 heteroatoms. The number of nitrogens with one attached hydrogen (secondary N) is 1. The van der Waals surface area contributed by atoms with E-state index in [1.807, 2.05) is 56.3 Å². The predicted molar refractivity (Wildman–Crippen MR) is 102 cm³/mol. The number of carbonyl (C=O) groups is 1. The second kappa shape index (κ2) is 7.09. The van der Waals surface area contributed by atoms with Gasteiger partial charge in [0.15, 0.2) is 0 Å². The third kappa shape index (κ3) is 3.58. The Morgan fingerprint density at radius 1 is 1.08 bits per heavy atom. The summed E-state index contributed by atoms with van der Waals surface area (Å²) < 4.78 is 2.22. The van der Waals surface area contributed by atoms with E-state index in [1.165, 1.54) is 0 Å². The number of fused-ring (bicyclic) bond motifs is 1. The molecule has 4 nitrogen and oxygen atoms in total. The van der Waals surface area contributed by atoms with E-state index in [2.05, 4.69) is 29.8 Å². The van der Waals surface area contributed by atoms with Gasteiger partial charge in [0.1, 0.15) is 5.82 Å². The summed E-state index contributed by atoms with van der Waals surface area (Å²) in [6.07, 6.45) is 0. The van der Waals surface area contributed by atoms with Crippen molar-refractivity contribution in [3.8, 4) is 0 Å². The second-order valence-corrected chi connectivity index (χ2v) is 6.97. The van der Waals surface area contributed by atoms with Crippen LogP contribution in [0.4, 0.5) is 0 Å². The molecule has 0 aliphatic rings. The maximum Gasteiger partial charge on any atom is 0.252 e. The molecule has 0 saturated carbocycles. The number of amides is 1. The number of aromatic nitrogens is 2. The highest BCUT2D eigenvalue weighted by atomic mass is 16.1. The number of benzene rings is 2. The van der Waals surface area contributed by atoms with Crippen LogP contribution in [-0.4, -0.2) is 15.5 Å². The number of rotatable bonds is 5. The number of para-hydroxylation sites is 2. The van der Waals surface area contributed by atoms with E-state index >= 15 is 0 Å². The van der Waals surface area contributed by atoms with Crippen LogP contribution in [0.1, 0.15) is 48.6 Å². The highest BCUT2D eigenvalue weighted by Gasteiger charge is 2.20. The lowest BCUT2D eigenvalue weighted by atomic mass is 10.1. The lowest BCUT2D eigenvalue weighted by Gasteiger charge is -2.18. The van der Waals surface area contributed by atoms with E-state index < -0.39 is 0 Å². The summed E-state index contributed by atoms with van der Waals surface area (Å²) in [6, 6.07) is 15.6. The number of hydrogen-bond acceptors (Lipinski definition) is 2. The van der Waals surface area contributed by atoms with Crippen molar-refractivity contribution in [2.45, 2.75) is 40.3 Å². The molecule has 3 rings (SSSR count). The molecule has 0 bridgehead atoms. The molecule has 1 amide bonds. The van der Waals surface area contributed by atoms with Gasteiger partial charge in [-0.25, -0.2) is 4.98 Å². The van der Waals surface area contributed by atoms with Crippen molar-refractivity contribution in [3.05, 3.63) is 65.5 Å². The molecular formula is C21H25N3O. The van der Waals surface area contributed by atoms with Gasteiger partial charge in [-0.05, 0) is 43.5 Å². The number of hydrogen-bond donors (Lipinski definition) is 1. The Labute approximate surface area is 148 Å². The summed E-state index contributed by atoms with van der Waals surface area (Å²) in [5.41, 5.74) is 3.77. The Kier molecular flexibility index (Phi) is 4.88. The first-order valence-corrected chi connectivity index (χ1v) is 8.79. The Morgan fingerprint density at radius 3 is 2.48 bits per heavy atom. The van der Waals surface area contributed by atoms with Crippen LogP contribution in [0.5, 0.6) is 0 Å². The summed E-state index contributed by atoms with van der Waals surface area (Å²) >= 11 is 0. The molecule has 3 aromatic rings. The van der Waals surface area contributed by atoms with Crippen molar-refractivity contribution < 1.29 is 4.79 Å². The first-order valence-electron chi connectivity index (χ1n) is 8.79. The molecule has 0 aliphatic carbocycles. The molecule has 0 fully saturated rings. The van der Waals surface area contributed by atoms with Gasteiger partial charge in [-0.15, -0.1) is 0 Å². The van der Waals surface area contributed by atoms with E-state index in [-0.39, 0.29) is 11.9 Å². The van der Waals surface area contributed by atoms with Crippen LogP contribution < -0.4 is 5.32 Å². The number of imidazole rings is 1. The van der Waals surface area contributed by atoms with Gasteiger partial charge >= 0.3 is 0 Å². The van der Waals surface area contributed by atoms with Crippen LogP contribution in [0.15, 0.2) is 48.5 Å². The fraction of sp³-hybridized carbons (Fsp3) is 0.333. The van der Waals surface area contributed by atoms with Crippen LogP contribution in [-0.2, 0) is 6.54 Å². The maximum absolute atomic E-state index is 12.6. The van der Waals surface area contributed by atoms with Crippen molar-refractivity contribution in [1.29, 1.82) is 0 Å². The summed E-state index contributed by atoms with van der Waals surface area (Å²) in [5, 5.41) is 3.11. The van der Waals surface area contributed by atoms with Gasteiger partial charge in [0, 0.05) is 12.1 Å². The number of nitrogens with zero attached hydrogens (tertiary/aromatic N) is 2. The Morgan fingerprint density at radius 2 is 1.76 bits per heavy atom. The zero-order valence-electron chi connectivity index (χ0n) is 15.3. The quantitative estimate of drug-likeness (QED) is 0.746. The van der Waals surface area contributed by atoms with Gasteiger partial charge in [-0.1, -0.05) is 44.2 Å². The molecule has 0 radical (unpaired) electrons. The zero-order valence-corrected chi connectivity index (χ0v) is 15.3. The molecule has 0 spiro atoms. The third-order valence-corrected chi connectivity index (χ3v) is 4.36. The van der Waals surface area contributed by atoms with Crippen molar-refractivity contribution in [2.75, 3.05) is 0 Å². The average molecular weight is 335 g/mol. The highest BCUT2D eigenvalue weighted by molar-refractivity contribution is 5.95. The molecule has 1 N–H and O–H groups in total. The van der Waals surface area contributed by atoms with E-state index in [4.69, 9.17) is 4.98 Å². The Hall–Kier alpha value is -2.62. The first kappa shape index (κ1) is 17.2. The monoisotopic (exact) mass is 335 g/mol. The fourth-order valence-corrected chi connectivity index (χ4v) is 3.15. The SMILES string of the molecule is Cc1ccccc1C(=O)NC(C)c1nc2ccccc2n1CC(C)C. The van der Waals surface area contributed by atoms with Gasteiger partial charge in [-0.2, -0.15) is 0 Å². The molecule has 1 atom stereocenters. The summed E-state index contributed by atoms with van der Waals surface area (Å²) in [7, 11) is 0. The molecular weight excluding hydrogens is 310 g/mol. The van der Waals surface area contributed by atoms with Crippen LogP contribution in [0.3, 0.4) is 0 Å². The minimum absolute atomic E-state index is 0.0613. The number of carbonyl (C=O) groups excluding carboxylic acids is 1. The maximum atomic E-state index is 12.6. The molecule has 0 aliphatic heterocycles. The summed E-state index contributed by atoms with van der Waals surface area (Å²) in [4.78, 5) is 17.4. The standard InChI is InChI=1S/C21H25N3O/c1-14(2)13-24-19-12-8-7-11-18(19)23-20(24)16(4)22-21(25)17-10-6-5-9-15(17)3/h5-12,14,16H,13H2,1-4H3,(H,22,25). The normalized spacial score (nSPS) is 12.5. The highest BCUT2D eigenvalue weighted by Crippen LogP contribution is 2.22. The lowest BCUT2D eigenvalue weighted by Crippen LogP contribution is -2.29. The Bertz CT molecular complexity index is 895. The number of aryl methyl sites for hydroxylation is 1. The Balaban J connectivity index is 1.92. The van der Waals surface area contributed by atoms with E-state index in [9.17, 15) is 4.79 Å². The van der Waals surface area contributed by atoms with E-state index in [1.54, 1.807) is 0 Å². The third-order valence-electron chi connectivity index (χ3n) is 4.36. The van der Waals surface area contributed by atoms with Crippen LogP contribution in [0.2, 0.25) is 0 Å². The molecule has 130 valence electrons. The minimum Gasteiger partial charge on any atom is -0.342 e.